The number of aromatic nitrogens is 2. The maximum atomic E-state index is 11.9. The van der Waals surface area contributed by atoms with Crippen LogP contribution in [0.3, 0.4) is 0 Å². The molecule has 7 nitrogen and oxygen atoms in total. The summed E-state index contributed by atoms with van der Waals surface area (Å²) in [5.74, 6) is -1.34. The smallest absolute Gasteiger partial charge is 0.313 e. The minimum atomic E-state index is -0.701. The fourth-order valence-corrected chi connectivity index (χ4v) is 1.99. The highest BCUT2D eigenvalue weighted by molar-refractivity contribution is 6.39. The van der Waals surface area contributed by atoms with Crippen LogP contribution >= 0.6 is 0 Å². The Morgan fingerprint density at radius 1 is 1.30 bits per heavy atom. The van der Waals surface area contributed by atoms with Crippen LogP contribution in [-0.2, 0) is 9.59 Å². The van der Waals surface area contributed by atoms with Crippen LogP contribution in [0.2, 0.25) is 0 Å². The highest BCUT2D eigenvalue weighted by Gasteiger charge is 2.18. The highest BCUT2D eigenvalue weighted by Crippen LogP contribution is 2.18. The Bertz CT molecular complexity index is 650. The van der Waals surface area contributed by atoms with Crippen molar-refractivity contribution in [2.24, 2.45) is 0 Å². The molecule has 1 aromatic carbocycles. The van der Waals surface area contributed by atoms with Crippen molar-refractivity contribution in [1.82, 2.24) is 15.1 Å². The minimum Gasteiger partial charge on any atom is -0.393 e. The molecule has 0 saturated heterocycles. The summed E-state index contributed by atoms with van der Waals surface area (Å²) in [7, 11) is 1.53. The third-order valence-corrected chi connectivity index (χ3v) is 3.38. The van der Waals surface area contributed by atoms with Gasteiger partial charge in [0.2, 0.25) is 0 Å². The Labute approximate surface area is 134 Å². The van der Waals surface area contributed by atoms with Gasteiger partial charge in [0, 0.05) is 25.5 Å². The molecule has 0 aliphatic rings. The van der Waals surface area contributed by atoms with Gasteiger partial charge in [-0.05, 0) is 37.1 Å². The molecule has 2 aromatic rings. The largest absolute Gasteiger partial charge is 0.393 e. The van der Waals surface area contributed by atoms with Gasteiger partial charge in [0.25, 0.3) is 0 Å². The summed E-state index contributed by atoms with van der Waals surface area (Å²) < 4.78 is 0. The molecule has 1 heterocycles. The number of benzene rings is 1. The second-order valence-electron chi connectivity index (χ2n) is 5.37. The first-order chi connectivity index (χ1) is 11.0. The van der Waals surface area contributed by atoms with Gasteiger partial charge in [0.05, 0.1) is 11.8 Å². The number of nitrogens with zero attached hydrogens (tertiary/aromatic N) is 2. The molecule has 3 N–H and O–H groups in total. The van der Waals surface area contributed by atoms with Crippen LogP contribution in [0.1, 0.15) is 13.3 Å². The third kappa shape index (κ3) is 4.65. The number of nitrogens with one attached hydrogen (secondary N) is 2. The molecule has 2 amide bonds. The van der Waals surface area contributed by atoms with Crippen molar-refractivity contribution >= 4 is 17.5 Å². The molecule has 0 spiro atoms. The number of rotatable bonds is 5. The van der Waals surface area contributed by atoms with Gasteiger partial charge in [-0.1, -0.05) is 12.1 Å². The number of carbonyl (C=O) groups excluding carboxylic acids is 2. The summed E-state index contributed by atoms with van der Waals surface area (Å²) >= 11 is 0. The van der Waals surface area contributed by atoms with Crippen molar-refractivity contribution in [2.45, 2.75) is 19.4 Å². The van der Waals surface area contributed by atoms with Gasteiger partial charge in [-0.25, -0.2) is 0 Å². The monoisotopic (exact) mass is 316 g/mol. The van der Waals surface area contributed by atoms with Crippen molar-refractivity contribution in [3.8, 4) is 11.3 Å². The van der Waals surface area contributed by atoms with Crippen LogP contribution in [0.15, 0.2) is 36.5 Å². The average molecular weight is 316 g/mol. The summed E-state index contributed by atoms with van der Waals surface area (Å²) in [5.41, 5.74) is 2.34. The number of aliphatic hydroxyl groups excluding tert-OH is 1. The predicted octanol–water partition coefficient (Wildman–Crippen LogP) is 1.24. The summed E-state index contributed by atoms with van der Waals surface area (Å²) in [6, 6.07) is 8.93. The molecule has 0 aliphatic heterocycles. The van der Waals surface area contributed by atoms with E-state index >= 15 is 0 Å². The lowest BCUT2D eigenvalue weighted by Gasteiger charge is -2.17. The van der Waals surface area contributed by atoms with E-state index in [1.807, 2.05) is 18.2 Å². The Hall–Kier alpha value is -2.67. The SMILES string of the molecule is C[C@H](O)CCN(C)C(=O)C(=O)Nc1ccc(-c2ccn[nH]2)cc1. The van der Waals surface area contributed by atoms with E-state index in [0.29, 0.717) is 18.7 Å². The zero-order valence-electron chi connectivity index (χ0n) is 13.1. The first kappa shape index (κ1) is 16.7. The highest BCUT2D eigenvalue weighted by atomic mass is 16.3. The van der Waals surface area contributed by atoms with Crippen molar-refractivity contribution < 1.29 is 14.7 Å². The van der Waals surface area contributed by atoms with E-state index in [2.05, 4.69) is 15.5 Å². The summed E-state index contributed by atoms with van der Waals surface area (Å²) in [4.78, 5) is 25.2. The van der Waals surface area contributed by atoms with Gasteiger partial charge in [-0.3, -0.25) is 14.7 Å². The number of amides is 2. The zero-order valence-corrected chi connectivity index (χ0v) is 13.1. The van der Waals surface area contributed by atoms with Crippen LogP contribution in [0, 0.1) is 0 Å². The van der Waals surface area contributed by atoms with Crippen LogP contribution < -0.4 is 5.32 Å². The topological polar surface area (TPSA) is 98.3 Å². The lowest BCUT2D eigenvalue weighted by molar-refractivity contribution is -0.142. The molecule has 1 atom stereocenters. The molecule has 122 valence electrons. The van der Waals surface area contributed by atoms with E-state index in [1.54, 1.807) is 25.3 Å². The number of anilines is 1. The summed E-state index contributed by atoms with van der Waals surface area (Å²) in [6.45, 7) is 1.96. The van der Waals surface area contributed by atoms with Gasteiger partial charge in [0.1, 0.15) is 0 Å². The number of aliphatic hydroxyl groups is 1. The standard InChI is InChI=1S/C16H20N4O3/c1-11(21)8-10-20(2)16(23)15(22)18-13-5-3-12(4-6-13)14-7-9-17-19-14/h3-7,9,11,21H,8,10H2,1-2H3,(H,17,19)(H,18,22)/t11-/m0/s1. The van der Waals surface area contributed by atoms with E-state index < -0.39 is 17.9 Å². The fraction of sp³-hybridized carbons (Fsp3) is 0.312. The second kappa shape index (κ2) is 7.55. The van der Waals surface area contributed by atoms with Crippen LogP contribution in [0.25, 0.3) is 11.3 Å². The van der Waals surface area contributed by atoms with Crippen LogP contribution in [-0.4, -0.2) is 51.7 Å². The third-order valence-electron chi connectivity index (χ3n) is 3.38. The van der Waals surface area contributed by atoms with E-state index in [0.717, 1.165) is 11.3 Å². The van der Waals surface area contributed by atoms with E-state index in [4.69, 9.17) is 0 Å². The molecule has 0 bridgehead atoms. The first-order valence-electron chi connectivity index (χ1n) is 7.31. The van der Waals surface area contributed by atoms with E-state index in [-0.39, 0.29) is 0 Å². The molecule has 23 heavy (non-hydrogen) atoms. The maximum absolute atomic E-state index is 11.9. The lowest BCUT2D eigenvalue weighted by Crippen LogP contribution is -2.38. The Kier molecular flexibility index (Phi) is 5.48. The molecule has 7 heteroatoms. The van der Waals surface area contributed by atoms with E-state index in [9.17, 15) is 14.7 Å². The van der Waals surface area contributed by atoms with Crippen molar-refractivity contribution in [3.63, 3.8) is 0 Å². The Morgan fingerprint density at radius 2 is 2.00 bits per heavy atom. The normalized spacial score (nSPS) is 11.8. The van der Waals surface area contributed by atoms with Crippen LogP contribution in [0.5, 0.6) is 0 Å². The molecule has 0 aliphatic carbocycles. The summed E-state index contributed by atoms with van der Waals surface area (Å²) in [5, 5.41) is 18.5. The second-order valence-corrected chi connectivity index (χ2v) is 5.37. The average Bonchev–Trinajstić information content (AvgIpc) is 3.06. The molecule has 0 unspecified atom stereocenters. The number of hydrogen-bond donors (Lipinski definition) is 3. The zero-order chi connectivity index (χ0) is 16.8. The Balaban J connectivity index is 1.93. The van der Waals surface area contributed by atoms with Gasteiger partial charge in [-0.2, -0.15) is 5.10 Å². The fourth-order valence-electron chi connectivity index (χ4n) is 1.99. The van der Waals surface area contributed by atoms with Gasteiger partial charge in [-0.15, -0.1) is 0 Å². The van der Waals surface area contributed by atoms with Gasteiger partial charge >= 0.3 is 11.8 Å². The quantitative estimate of drug-likeness (QED) is 0.723. The maximum Gasteiger partial charge on any atom is 0.313 e. The summed E-state index contributed by atoms with van der Waals surface area (Å²) in [6.07, 6.45) is 1.57. The number of hydrogen-bond acceptors (Lipinski definition) is 4. The molecular weight excluding hydrogens is 296 g/mol. The van der Waals surface area contributed by atoms with Gasteiger partial charge < -0.3 is 15.3 Å². The number of H-pyrrole nitrogens is 1. The number of carbonyl (C=O) groups is 2. The first-order valence-corrected chi connectivity index (χ1v) is 7.31. The van der Waals surface area contributed by atoms with Crippen LogP contribution in [0.4, 0.5) is 5.69 Å². The molecule has 0 saturated carbocycles. The number of likely N-dealkylation sites (N-methyl/N-ethyl adjacent to an activating group) is 1. The van der Waals surface area contributed by atoms with Gasteiger partial charge in [0.15, 0.2) is 0 Å². The predicted molar refractivity (Wildman–Crippen MR) is 86.6 cm³/mol. The van der Waals surface area contributed by atoms with Crippen molar-refractivity contribution in [3.05, 3.63) is 36.5 Å². The molecule has 2 rings (SSSR count). The number of aromatic amines is 1. The Morgan fingerprint density at radius 3 is 2.57 bits per heavy atom. The van der Waals surface area contributed by atoms with E-state index in [1.165, 1.54) is 11.9 Å². The molecule has 1 aromatic heterocycles. The molecular formula is C16H20N4O3. The lowest BCUT2D eigenvalue weighted by atomic mass is 10.1. The molecule has 0 radical (unpaired) electrons. The minimum absolute atomic E-state index is 0.322. The van der Waals surface area contributed by atoms with Crippen molar-refractivity contribution in [2.75, 3.05) is 18.9 Å². The van der Waals surface area contributed by atoms with Crippen molar-refractivity contribution in [1.29, 1.82) is 0 Å². The molecule has 0 fully saturated rings.